The number of nitrogens with zero attached hydrogens (tertiary/aromatic N) is 2. The van der Waals surface area contributed by atoms with E-state index in [0.29, 0.717) is 17.9 Å². The summed E-state index contributed by atoms with van der Waals surface area (Å²) in [4.78, 5) is 23.2. The molecule has 1 amide bonds. The van der Waals surface area contributed by atoms with Crippen LogP contribution in [0, 0.1) is 0 Å². The van der Waals surface area contributed by atoms with Gasteiger partial charge < -0.3 is 9.47 Å². The molecule has 2 aliphatic rings. The quantitative estimate of drug-likeness (QED) is 0.351. The molecule has 1 aromatic carbocycles. The number of esters is 1. The second-order valence-electron chi connectivity index (χ2n) is 6.15. The van der Waals surface area contributed by atoms with E-state index >= 15 is 0 Å². The topological polar surface area (TPSA) is 89.3 Å². The zero-order valence-electron chi connectivity index (χ0n) is 15.0. The van der Waals surface area contributed by atoms with Crippen molar-refractivity contribution in [2.24, 2.45) is 10.2 Å². The Morgan fingerprint density at radius 1 is 1.33 bits per heavy atom. The number of rotatable bonds is 6. The molecular formula is C19H21N3O4S. The van der Waals surface area contributed by atoms with Gasteiger partial charge in [0.15, 0.2) is 5.17 Å². The van der Waals surface area contributed by atoms with Crippen molar-refractivity contribution < 1.29 is 19.1 Å². The zero-order valence-corrected chi connectivity index (χ0v) is 15.8. The first-order chi connectivity index (χ1) is 13.2. The Morgan fingerprint density at radius 3 is 2.89 bits per heavy atom. The number of carbonyl (C=O) groups is 2. The highest BCUT2D eigenvalue weighted by molar-refractivity contribution is 8.18. The van der Waals surface area contributed by atoms with Crippen molar-refractivity contribution in [1.29, 1.82) is 0 Å². The van der Waals surface area contributed by atoms with Gasteiger partial charge in [-0.1, -0.05) is 37.1 Å². The molecule has 0 spiro atoms. The first kappa shape index (κ1) is 19.3. The summed E-state index contributed by atoms with van der Waals surface area (Å²) in [5.74, 6) is -0.988. The molecule has 1 saturated heterocycles. The molecule has 1 aliphatic heterocycles. The lowest BCUT2D eigenvalue weighted by atomic mass is 10.1. The molecule has 0 bridgehead atoms. The van der Waals surface area contributed by atoms with Crippen LogP contribution in [-0.4, -0.2) is 36.5 Å². The minimum absolute atomic E-state index is 0.223. The van der Waals surface area contributed by atoms with Crippen LogP contribution in [0.3, 0.4) is 0 Å². The van der Waals surface area contributed by atoms with Crippen LogP contribution in [0.15, 0.2) is 45.4 Å². The Labute approximate surface area is 161 Å². The van der Waals surface area contributed by atoms with Crippen molar-refractivity contribution in [3.8, 4) is 0 Å². The van der Waals surface area contributed by atoms with E-state index in [1.54, 1.807) is 6.21 Å². The fraction of sp³-hybridized carbons (Fsp3) is 0.368. The minimum atomic E-state index is -0.589. The number of nitrogens with one attached hydrogen (secondary N) is 1. The van der Waals surface area contributed by atoms with E-state index in [4.69, 9.17) is 4.74 Å². The first-order valence-corrected chi connectivity index (χ1v) is 9.56. The summed E-state index contributed by atoms with van der Waals surface area (Å²) in [6, 6.07) is 7.84. The van der Waals surface area contributed by atoms with E-state index in [0.717, 1.165) is 41.8 Å². The van der Waals surface area contributed by atoms with E-state index in [-0.39, 0.29) is 4.91 Å². The maximum atomic E-state index is 11.8. The van der Waals surface area contributed by atoms with Gasteiger partial charge in [0.2, 0.25) is 0 Å². The monoisotopic (exact) mass is 387 g/mol. The molecule has 0 aromatic heterocycles. The second-order valence-corrected chi connectivity index (χ2v) is 7.18. The smallest absolute Gasteiger partial charge is 0.331 e. The number of ether oxygens (including phenoxy) is 2. The van der Waals surface area contributed by atoms with Crippen molar-refractivity contribution >= 4 is 35.0 Å². The van der Waals surface area contributed by atoms with E-state index < -0.39 is 11.9 Å². The Morgan fingerprint density at radius 2 is 2.11 bits per heavy atom. The minimum Gasteiger partial charge on any atom is -0.466 e. The van der Waals surface area contributed by atoms with Crippen LogP contribution in [-0.2, 0) is 25.7 Å². The number of hydrogen-bond acceptors (Lipinski definition) is 7. The summed E-state index contributed by atoms with van der Waals surface area (Å²) >= 11 is 1.04. The molecule has 1 aromatic rings. The van der Waals surface area contributed by atoms with E-state index in [9.17, 15) is 9.59 Å². The number of amides is 1. The lowest BCUT2D eigenvalue weighted by Crippen LogP contribution is -2.19. The maximum Gasteiger partial charge on any atom is 0.331 e. The summed E-state index contributed by atoms with van der Waals surface area (Å²) in [5, 5.41) is 10.9. The van der Waals surface area contributed by atoms with Gasteiger partial charge in [-0.2, -0.15) is 5.10 Å². The molecular weight excluding hydrogens is 366 g/mol. The third kappa shape index (κ3) is 5.51. The SMILES string of the molecule is COC(=O)/C=C1/S/C(=N\N=Cc2ccccc2COC2CCCC2)NC1=O. The van der Waals surface area contributed by atoms with Crippen molar-refractivity contribution in [1.82, 2.24) is 5.32 Å². The second kappa shape index (κ2) is 9.48. The number of thioether (sulfide) groups is 1. The van der Waals surface area contributed by atoms with Crippen molar-refractivity contribution in [3.05, 3.63) is 46.4 Å². The summed E-state index contributed by atoms with van der Waals surface area (Å²) < 4.78 is 10.5. The average Bonchev–Trinajstić information content (AvgIpc) is 3.31. The van der Waals surface area contributed by atoms with E-state index in [1.807, 2.05) is 24.3 Å². The molecule has 27 heavy (non-hydrogen) atoms. The standard InChI is InChI=1S/C19H21N3O4S/c1-25-17(23)10-16-18(24)21-19(27-16)22-20-11-13-6-2-3-7-14(13)12-26-15-8-4-5-9-15/h2-3,6-7,10-11,15H,4-5,8-9,12H2,1H3,(H,21,22,24)/b16-10+,20-11?. The van der Waals surface area contributed by atoms with Crippen molar-refractivity contribution in [2.75, 3.05) is 7.11 Å². The molecule has 0 radical (unpaired) electrons. The van der Waals surface area contributed by atoms with Gasteiger partial charge in [0.25, 0.3) is 5.91 Å². The molecule has 2 fully saturated rings. The largest absolute Gasteiger partial charge is 0.466 e. The molecule has 0 atom stereocenters. The summed E-state index contributed by atoms with van der Waals surface area (Å²) in [5.41, 5.74) is 1.96. The van der Waals surface area contributed by atoms with Gasteiger partial charge in [0.05, 0.1) is 30.9 Å². The number of hydrogen-bond donors (Lipinski definition) is 1. The molecule has 7 nitrogen and oxygen atoms in total. The molecule has 0 unspecified atom stereocenters. The molecule has 1 aliphatic carbocycles. The fourth-order valence-electron chi connectivity index (χ4n) is 2.84. The van der Waals surface area contributed by atoms with Crippen LogP contribution in [0.1, 0.15) is 36.8 Å². The highest BCUT2D eigenvalue weighted by Gasteiger charge is 2.25. The fourth-order valence-corrected chi connectivity index (χ4v) is 3.58. The van der Waals surface area contributed by atoms with E-state index in [1.165, 1.54) is 20.0 Å². The van der Waals surface area contributed by atoms with Gasteiger partial charge >= 0.3 is 5.97 Å². The van der Waals surface area contributed by atoms with Crippen molar-refractivity contribution in [3.63, 3.8) is 0 Å². The molecule has 1 saturated carbocycles. The van der Waals surface area contributed by atoms with Gasteiger partial charge in [-0.25, -0.2) is 4.79 Å². The first-order valence-electron chi connectivity index (χ1n) is 8.75. The third-order valence-electron chi connectivity index (χ3n) is 4.28. The molecule has 1 heterocycles. The van der Waals surface area contributed by atoms with Gasteiger partial charge in [-0.05, 0) is 30.2 Å². The Bertz CT molecular complexity index is 798. The Balaban J connectivity index is 1.62. The number of amidine groups is 1. The normalized spacial score (nSPS) is 20.7. The van der Waals surface area contributed by atoms with Crippen LogP contribution in [0.5, 0.6) is 0 Å². The van der Waals surface area contributed by atoms with Crippen LogP contribution in [0.4, 0.5) is 0 Å². The molecule has 1 N–H and O–H groups in total. The summed E-state index contributed by atoms with van der Waals surface area (Å²) in [6.07, 6.45) is 7.84. The van der Waals surface area contributed by atoms with Crippen LogP contribution >= 0.6 is 11.8 Å². The lowest BCUT2D eigenvalue weighted by molar-refractivity contribution is -0.135. The van der Waals surface area contributed by atoms with Gasteiger partial charge in [-0.3, -0.25) is 10.1 Å². The Hall–Kier alpha value is -2.45. The highest BCUT2D eigenvalue weighted by atomic mass is 32.2. The number of benzene rings is 1. The third-order valence-corrected chi connectivity index (χ3v) is 5.18. The maximum absolute atomic E-state index is 11.8. The highest BCUT2D eigenvalue weighted by Crippen LogP contribution is 2.24. The van der Waals surface area contributed by atoms with Crippen LogP contribution in [0.25, 0.3) is 0 Å². The predicted molar refractivity (Wildman–Crippen MR) is 104 cm³/mol. The number of carbonyl (C=O) groups excluding carboxylic acids is 2. The average molecular weight is 387 g/mol. The molecule has 8 heteroatoms. The Kier molecular flexibility index (Phi) is 6.78. The van der Waals surface area contributed by atoms with Crippen LogP contribution in [0.2, 0.25) is 0 Å². The van der Waals surface area contributed by atoms with E-state index in [2.05, 4.69) is 20.3 Å². The summed E-state index contributed by atoms with van der Waals surface area (Å²) in [7, 11) is 1.25. The lowest BCUT2D eigenvalue weighted by Gasteiger charge is -2.12. The van der Waals surface area contributed by atoms with Crippen molar-refractivity contribution in [2.45, 2.75) is 38.4 Å². The number of methoxy groups -OCH3 is 1. The van der Waals surface area contributed by atoms with Crippen LogP contribution < -0.4 is 5.32 Å². The predicted octanol–water partition coefficient (Wildman–Crippen LogP) is 2.76. The molecule has 142 valence electrons. The van der Waals surface area contributed by atoms with Gasteiger partial charge in [0.1, 0.15) is 0 Å². The zero-order chi connectivity index (χ0) is 19.1. The van der Waals surface area contributed by atoms with Gasteiger partial charge in [0, 0.05) is 11.6 Å². The molecule has 3 rings (SSSR count). The summed E-state index contributed by atoms with van der Waals surface area (Å²) in [6.45, 7) is 0.543. The van der Waals surface area contributed by atoms with Gasteiger partial charge in [-0.15, -0.1) is 5.10 Å².